The maximum absolute atomic E-state index is 11.9. The van der Waals surface area contributed by atoms with Crippen molar-refractivity contribution in [2.75, 3.05) is 13.7 Å². The Morgan fingerprint density at radius 3 is 2.56 bits per heavy atom. The van der Waals surface area contributed by atoms with E-state index in [2.05, 4.69) is 5.32 Å². The summed E-state index contributed by atoms with van der Waals surface area (Å²) >= 11 is 0. The lowest BCUT2D eigenvalue weighted by molar-refractivity contribution is -0.124. The molecule has 1 aliphatic carbocycles. The lowest BCUT2D eigenvalue weighted by Crippen LogP contribution is -2.48. The van der Waals surface area contributed by atoms with Gasteiger partial charge < -0.3 is 15.8 Å². The number of methoxy groups -OCH3 is 1. The standard InChI is InChI=1S/C13H26N2O2.ClH/c1-13(2,9-17-3)15-12(16)8-10-6-4-5-7-11(10)14;/h10-11H,4-9,14H2,1-3H3,(H,15,16);1H. The predicted molar refractivity (Wildman–Crippen MR) is 75.9 cm³/mol. The molecule has 1 rings (SSSR count). The van der Waals surface area contributed by atoms with Crippen LogP contribution in [0, 0.1) is 5.92 Å². The molecule has 1 fully saturated rings. The van der Waals surface area contributed by atoms with Crippen molar-refractivity contribution in [1.82, 2.24) is 5.32 Å². The first kappa shape index (κ1) is 17.7. The van der Waals surface area contributed by atoms with Gasteiger partial charge in [0, 0.05) is 19.6 Å². The Morgan fingerprint density at radius 2 is 2.00 bits per heavy atom. The Hall–Kier alpha value is -0.320. The number of nitrogens with one attached hydrogen (secondary N) is 1. The minimum Gasteiger partial charge on any atom is -0.382 e. The number of halogens is 1. The smallest absolute Gasteiger partial charge is 0.220 e. The average Bonchev–Trinajstić information content (AvgIpc) is 2.20. The van der Waals surface area contributed by atoms with Crippen molar-refractivity contribution in [3.63, 3.8) is 0 Å². The lowest BCUT2D eigenvalue weighted by Gasteiger charge is -2.30. The third-order valence-corrected chi connectivity index (χ3v) is 3.40. The zero-order valence-corrected chi connectivity index (χ0v) is 12.5. The molecule has 0 aromatic rings. The molecule has 0 saturated heterocycles. The van der Waals surface area contributed by atoms with E-state index in [9.17, 15) is 4.79 Å². The van der Waals surface area contributed by atoms with Crippen LogP contribution in [0.5, 0.6) is 0 Å². The van der Waals surface area contributed by atoms with Gasteiger partial charge in [0.05, 0.1) is 12.1 Å². The summed E-state index contributed by atoms with van der Waals surface area (Å²) < 4.78 is 5.08. The van der Waals surface area contributed by atoms with Gasteiger partial charge in [-0.25, -0.2) is 0 Å². The van der Waals surface area contributed by atoms with Crippen LogP contribution in [0.3, 0.4) is 0 Å². The first-order valence-corrected chi connectivity index (χ1v) is 6.50. The van der Waals surface area contributed by atoms with E-state index in [0.29, 0.717) is 18.9 Å². The third kappa shape index (κ3) is 6.03. The van der Waals surface area contributed by atoms with Crippen molar-refractivity contribution >= 4 is 18.3 Å². The summed E-state index contributed by atoms with van der Waals surface area (Å²) in [5, 5.41) is 3.01. The van der Waals surface area contributed by atoms with E-state index in [1.54, 1.807) is 7.11 Å². The largest absolute Gasteiger partial charge is 0.382 e. The zero-order chi connectivity index (χ0) is 12.9. The van der Waals surface area contributed by atoms with E-state index in [1.807, 2.05) is 13.8 Å². The summed E-state index contributed by atoms with van der Waals surface area (Å²) in [6, 6.07) is 0.194. The molecule has 0 radical (unpaired) electrons. The summed E-state index contributed by atoms with van der Waals surface area (Å²) in [6.07, 6.45) is 5.09. The first-order chi connectivity index (χ1) is 7.94. The fourth-order valence-electron chi connectivity index (χ4n) is 2.55. The van der Waals surface area contributed by atoms with E-state index in [1.165, 1.54) is 12.8 Å². The highest BCUT2D eigenvalue weighted by molar-refractivity contribution is 5.85. The average molecular weight is 279 g/mol. The highest BCUT2D eigenvalue weighted by atomic mass is 35.5. The number of carbonyl (C=O) groups excluding carboxylic acids is 1. The van der Waals surface area contributed by atoms with E-state index in [0.717, 1.165) is 12.8 Å². The fourth-order valence-corrected chi connectivity index (χ4v) is 2.55. The molecule has 1 amide bonds. The van der Waals surface area contributed by atoms with Crippen molar-refractivity contribution < 1.29 is 9.53 Å². The Kier molecular flexibility index (Phi) is 7.83. The quantitative estimate of drug-likeness (QED) is 0.807. The molecule has 0 aromatic carbocycles. The van der Waals surface area contributed by atoms with E-state index >= 15 is 0 Å². The summed E-state index contributed by atoms with van der Waals surface area (Å²) in [5.41, 5.74) is 5.74. The van der Waals surface area contributed by atoms with Crippen LogP contribution >= 0.6 is 12.4 Å². The Bertz CT molecular complexity index is 259. The SMILES string of the molecule is COCC(C)(C)NC(=O)CC1CCCCC1N.Cl. The minimum absolute atomic E-state index is 0. The molecule has 1 aliphatic rings. The number of nitrogens with two attached hydrogens (primary N) is 1. The molecule has 5 heteroatoms. The third-order valence-electron chi connectivity index (χ3n) is 3.40. The fraction of sp³-hybridized carbons (Fsp3) is 0.923. The van der Waals surface area contributed by atoms with Crippen LogP contribution in [0.2, 0.25) is 0 Å². The normalized spacial score (nSPS) is 24.2. The number of hydrogen-bond acceptors (Lipinski definition) is 3. The number of amides is 1. The highest BCUT2D eigenvalue weighted by Crippen LogP contribution is 2.25. The molecule has 108 valence electrons. The van der Waals surface area contributed by atoms with Crippen molar-refractivity contribution in [1.29, 1.82) is 0 Å². The first-order valence-electron chi connectivity index (χ1n) is 6.50. The van der Waals surface area contributed by atoms with Gasteiger partial charge in [0.2, 0.25) is 5.91 Å². The molecule has 0 bridgehead atoms. The molecule has 0 heterocycles. The van der Waals surface area contributed by atoms with Crippen LogP contribution < -0.4 is 11.1 Å². The summed E-state index contributed by atoms with van der Waals surface area (Å²) in [6.45, 7) is 4.46. The molecular weight excluding hydrogens is 252 g/mol. The molecule has 2 atom stereocenters. The molecular formula is C13H27ClN2O2. The van der Waals surface area contributed by atoms with Gasteiger partial charge in [-0.15, -0.1) is 12.4 Å². The number of carbonyl (C=O) groups is 1. The highest BCUT2D eigenvalue weighted by Gasteiger charge is 2.26. The van der Waals surface area contributed by atoms with Crippen molar-refractivity contribution in [3.05, 3.63) is 0 Å². The van der Waals surface area contributed by atoms with Gasteiger partial charge in [-0.3, -0.25) is 4.79 Å². The van der Waals surface area contributed by atoms with Crippen LogP contribution in [0.1, 0.15) is 46.0 Å². The van der Waals surface area contributed by atoms with Gasteiger partial charge in [-0.05, 0) is 32.6 Å². The minimum atomic E-state index is -0.301. The van der Waals surface area contributed by atoms with E-state index in [4.69, 9.17) is 10.5 Å². The van der Waals surface area contributed by atoms with Crippen LogP contribution in [0.4, 0.5) is 0 Å². The van der Waals surface area contributed by atoms with Gasteiger partial charge >= 0.3 is 0 Å². The Balaban J connectivity index is 0.00000289. The molecule has 4 nitrogen and oxygen atoms in total. The zero-order valence-electron chi connectivity index (χ0n) is 11.7. The van der Waals surface area contributed by atoms with Crippen molar-refractivity contribution in [3.8, 4) is 0 Å². The molecule has 3 N–H and O–H groups in total. The second-order valence-corrected chi connectivity index (χ2v) is 5.78. The maximum Gasteiger partial charge on any atom is 0.220 e. The summed E-state index contributed by atoms with van der Waals surface area (Å²) in [7, 11) is 1.64. The second-order valence-electron chi connectivity index (χ2n) is 5.78. The summed E-state index contributed by atoms with van der Waals surface area (Å²) in [5.74, 6) is 0.441. The Labute approximate surface area is 116 Å². The van der Waals surface area contributed by atoms with E-state index < -0.39 is 0 Å². The lowest BCUT2D eigenvalue weighted by atomic mass is 9.82. The van der Waals surface area contributed by atoms with Gasteiger partial charge in [-0.2, -0.15) is 0 Å². The van der Waals surface area contributed by atoms with Crippen molar-refractivity contribution in [2.45, 2.75) is 57.5 Å². The van der Waals surface area contributed by atoms with Crippen LogP contribution in [0.15, 0.2) is 0 Å². The van der Waals surface area contributed by atoms with Crippen LogP contribution in [0.25, 0.3) is 0 Å². The van der Waals surface area contributed by atoms with Crippen molar-refractivity contribution in [2.24, 2.45) is 11.7 Å². The molecule has 1 saturated carbocycles. The number of hydrogen-bond donors (Lipinski definition) is 2. The number of ether oxygens (including phenoxy) is 1. The second kappa shape index (κ2) is 7.97. The summed E-state index contributed by atoms with van der Waals surface area (Å²) in [4.78, 5) is 11.9. The molecule has 0 spiro atoms. The van der Waals surface area contributed by atoms with Gasteiger partial charge in [0.1, 0.15) is 0 Å². The van der Waals surface area contributed by atoms with Gasteiger partial charge in [-0.1, -0.05) is 12.8 Å². The molecule has 2 unspecified atom stereocenters. The monoisotopic (exact) mass is 278 g/mol. The Morgan fingerprint density at radius 1 is 1.39 bits per heavy atom. The number of rotatable bonds is 5. The molecule has 0 aromatic heterocycles. The van der Waals surface area contributed by atoms with Gasteiger partial charge in [0.15, 0.2) is 0 Å². The molecule has 18 heavy (non-hydrogen) atoms. The van der Waals surface area contributed by atoms with E-state index in [-0.39, 0.29) is 29.9 Å². The maximum atomic E-state index is 11.9. The molecule has 0 aliphatic heterocycles. The van der Waals surface area contributed by atoms with Crippen LogP contribution in [-0.4, -0.2) is 31.2 Å². The van der Waals surface area contributed by atoms with Crippen LogP contribution in [-0.2, 0) is 9.53 Å². The predicted octanol–water partition coefficient (Wildman–Crippen LogP) is 1.86. The van der Waals surface area contributed by atoms with Gasteiger partial charge in [0.25, 0.3) is 0 Å². The topological polar surface area (TPSA) is 64.3 Å².